The topological polar surface area (TPSA) is 161 Å². The van der Waals surface area contributed by atoms with Gasteiger partial charge in [-0.2, -0.15) is 0 Å². The van der Waals surface area contributed by atoms with Gasteiger partial charge in [-0.05, 0) is 50.4 Å². The number of aliphatic carboxylic acids is 2. The van der Waals surface area contributed by atoms with Crippen LogP contribution < -0.4 is 11.5 Å². The van der Waals surface area contributed by atoms with Crippen molar-refractivity contribution in [3.8, 4) is 23.7 Å². The predicted molar refractivity (Wildman–Crippen MR) is 199 cm³/mol. The quantitative estimate of drug-likeness (QED) is 0.0437. The smallest absolute Gasteiger partial charge is 0.303 e. The fraction of sp³-hybridized carbons (Fsp3) is 0.800. The van der Waals surface area contributed by atoms with Crippen molar-refractivity contribution in [2.45, 2.75) is 206 Å². The lowest BCUT2D eigenvalue weighted by Crippen LogP contribution is -2.09. The summed E-state index contributed by atoms with van der Waals surface area (Å²) in [7, 11) is 0. The standard InChI is InChI=1S/C16H22O4.2C12H25NO/c17-15(18)13-11-9-7-5-3-1-2-4-6-8-10-12-14-16(19)20;2*1-2-3-4-5-6-7-8-9-10-11-12(13)14/h5-14H2,(H,17,18)(H,19,20);2*2-11H2,1H3,(H2,13,14). The average molecular weight is 677 g/mol. The number of unbranched alkanes of at least 4 members (excludes halogenated alkanes) is 22. The molecule has 2 amide bonds. The number of carboxylic acid groups (broad SMARTS) is 2. The van der Waals surface area contributed by atoms with Crippen LogP contribution in [0.15, 0.2) is 0 Å². The summed E-state index contributed by atoms with van der Waals surface area (Å²) >= 11 is 0. The van der Waals surface area contributed by atoms with E-state index in [0.717, 1.165) is 64.2 Å². The summed E-state index contributed by atoms with van der Waals surface area (Å²) in [4.78, 5) is 41.4. The zero-order chi connectivity index (χ0) is 36.4. The second-order valence-corrected chi connectivity index (χ2v) is 12.6. The van der Waals surface area contributed by atoms with Gasteiger partial charge in [-0.3, -0.25) is 19.2 Å². The van der Waals surface area contributed by atoms with Crippen LogP contribution in [0.3, 0.4) is 0 Å². The molecule has 0 heterocycles. The second-order valence-electron chi connectivity index (χ2n) is 12.6. The summed E-state index contributed by atoms with van der Waals surface area (Å²) in [6.45, 7) is 4.48. The Hall–Kier alpha value is -3.00. The molecule has 0 bridgehead atoms. The number of primary amides is 2. The molecule has 0 aliphatic carbocycles. The molecule has 0 aromatic carbocycles. The molecule has 8 nitrogen and oxygen atoms in total. The fourth-order valence-corrected chi connectivity index (χ4v) is 4.77. The lowest BCUT2D eigenvalue weighted by atomic mass is 10.1. The van der Waals surface area contributed by atoms with E-state index in [-0.39, 0.29) is 24.7 Å². The molecule has 6 N–H and O–H groups in total. The molecule has 0 radical (unpaired) electrons. The van der Waals surface area contributed by atoms with E-state index in [0.29, 0.717) is 25.7 Å². The minimum absolute atomic E-state index is 0.159. The molecule has 0 atom stereocenters. The van der Waals surface area contributed by atoms with Crippen molar-refractivity contribution in [3.63, 3.8) is 0 Å². The number of amides is 2. The summed E-state index contributed by atoms with van der Waals surface area (Å²) in [6, 6.07) is 0. The van der Waals surface area contributed by atoms with Crippen LogP contribution in [0.5, 0.6) is 0 Å². The highest BCUT2D eigenvalue weighted by Crippen LogP contribution is 2.11. The lowest BCUT2D eigenvalue weighted by Gasteiger charge is -2.00. The van der Waals surface area contributed by atoms with Crippen molar-refractivity contribution in [2.24, 2.45) is 11.5 Å². The van der Waals surface area contributed by atoms with E-state index >= 15 is 0 Å². The minimum atomic E-state index is -0.745. The van der Waals surface area contributed by atoms with Crippen LogP contribution in [0, 0.1) is 23.7 Å². The zero-order valence-electron chi connectivity index (χ0n) is 30.9. The van der Waals surface area contributed by atoms with Gasteiger partial charge in [-0.1, -0.05) is 141 Å². The molecule has 48 heavy (non-hydrogen) atoms. The van der Waals surface area contributed by atoms with Crippen LogP contribution in [0.1, 0.15) is 206 Å². The minimum Gasteiger partial charge on any atom is -0.481 e. The number of carboxylic acids is 2. The number of rotatable bonds is 30. The molecule has 0 aliphatic rings. The van der Waals surface area contributed by atoms with Crippen LogP contribution in [-0.4, -0.2) is 34.0 Å². The maximum absolute atomic E-state index is 10.4. The van der Waals surface area contributed by atoms with Crippen LogP contribution in [-0.2, 0) is 19.2 Å². The van der Waals surface area contributed by atoms with Gasteiger partial charge in [-0.25, -0.2) is 0 Å². The number of hydrogen-bond donors (Lipinski definition) is 4. The molecule has 0 aliphatic heterocycles. The highest BCUT2D eigenvalue weighted by atomic mass is 16.4. The maximum atomic E-state index is 10.4. The van der Waals surface area contributed by atoms with E-state index in [2.05, 4.69) is 37.5 Å². The van der Waals surface area contributed by atoms with Gasteiger partial charge in [0.05, 0.1) is 0 Å². The molecule has 8 heteroatoms. The highest BCUT2D eigenvalue weighted by molar-refractivity contribution is 5.73. The Labute approximate surface area is 294 Å². The van der Waals surface area contributed by atoms with Gasteiger partial charge in [-0.15, -0.1) is 0 Å². The number of hydrogen-bond acceptors (Lipinski definition) is 4. The monoisotopic (exact) mass is 677 g/mol. The first-order chi connectivity index (χ1) is 23.2. The normalized spacial score (nSPS) is 9.79. The van der Waals surface area contributed by atoms with Gasteiger partial charge in [0.2, 0.25) is 11.8 Å². The Morgan fingerprint density at radius 2 is 0.646 bits per heavy atom. The zero-order valence-corrected chi connectivity index (χ0v) is 30.9. The first-order valence-electron chi connectivity index (χ1n) is 19.1. The molecule has 0 fully saturated rings. The Balaban J connectivity index is -0.000000649. The van der Waals surface area contributed by atoms with Crippen LogP contribution in [0.2, 0.25) is 0 Å². The van der Waals surface area contributed by atoms with Gasteiger partial charge in [0, 0.05) is 38.5 Å². The summed E-state index contributed by atoms with van der Waals surface area (Å²) in [5.74, 6) is 9.62. The van der Waals surface area contributed by atoms with Crippen molar-refractivity contribution in [1.29, 1.82) is 0 Å². The van der Waals surface area contributed by atoms with E-state index in [4.69, 9.17) is 21.7 Å². The van der Waals surface area contributed by atoms with Crippen LogP contribution >= 0.6 is 0 Å². The Morgan fingerprint density at radius 3 is 0.917 bits per heavy atom. The van der Waals surface area contributed by atoms with Crippen LogP contribution in [0.25, 0.3) is 0 Å². The van der Waals surface area contributed by atoms with Gasteiger partial charge < -0.3 is 21.7 Å². The first kappa shape index (κ1) is 49.4. The third-order valence-corrected chi connectivity index (χ3v) is 7.68. The Morgan fingerprint density at radius 1 is 0.396 bits per heavy atom. The molecular formula is C40H72N2O6. The summed E-state index contributed by atoms with van der Waals surface area (Å²) in [6.07, 6.45) is 31.2. The molecule has 0 saturated carbocycles. The van der Waals surface area contributed by atoms with Crippen LogP contribution in [0.4, 0.5) is 0 Å². The molecule has 0 aromatic rings. The highest BCUT2D eigenvalue weighted by Gasteiger charge is 1.97. The van der Waals surface area contributed by atoms with Crippen molar-refractivity contribution >= 4 is 23.8 Å². The van der Waals surface area contributed by atoms with E-state index in [1.54, 1.807) is 0 Å². The third-order valence-electron chi connectivity index (χ3n) is 7.68. The predicted octanol–water partition coefficient (Wildman–Crippen LogP) is 9.85. The first-order valence-corrected chi connectivity index (χ1v) is 19.1. The molecule has 0 saturated heterocycles. The van der Waals surface area contributed by atoms with Crippen molar-refractivity contribution in [2.75, 3.05) is 0 Å². The summed E-state index contributed by atoms with van der Waals surface area (Å²) < 4.78 is 0. The number of nitrogens with two attached hydrogens (primary N) is 2. The molecular weight excluding hydrogens is 604 g/mol. The molecule has 0 rings (SSSR count). The number of carbonyl (C=O) groups is 4. The molecule has 0 spiro atoms. The largest absolute Gasteiger partial charge is 0.481 e. The second kappa shape index (κ2) is 44.0. The Bertz CT molecular complexity index is 810. The molecule has 0 aromatic heterocycles. The fourth-order valence-electron chi connectivity index (χ4n) is 4.77. The van der Waals surface area contributed by atoms with Gasteiger partial charge >= 0.3 is 11.9 Å². The van der Waals surface area contributed by atoms with Crippen molar-refractivity contribution < 1.29 is 29.4 Å². The van der Waals surface area contributed by atoms with E-state index < -0.39 is 11.9 Å². The van der Waals surface area contributed by atoms with Crippen molar-refractivity contribution in [1.82, 2.24) is 0 Å². The van der Waals surface area contributed by atoms with Gasteiger partial charge in [0.25, 0.3) is 0 Å². The summed E-state index contributed by atoms with van der Waals surface area (Å²) in [5.41, 5.74) is 10.1. The van der Waals surface area contributed by atoms with E-state index in [9.17, 15) is 19.2 Å². The average Bonchev–Trinajstić information content (AvgIpc) is 3.03. The summed E-state index contributed by atoms with van der Waals surface area (Å²) in [5, 5.41) is 16.9. The molecule has 278 valence electrons. The van der Waals surface area contributed by atoms with E-state index in [1.165, 1.54) is 89.9 Å². The maximum Gasteiger partial charge on any atom is 0.303 e. The number of carbonyl (C=O) groups excluding carboxylic acids is 2. The SMILES string of the molecule is CCCCCCCCCCCC(N)=O.CCCCCCCCCCCC(N)=O.O=C(O)CCCCCC#CC#CCCCCCC(=O)O. The lowest BCUT2D eigenvalue weighted by molar-refractivity contribution is -0.138. The Kier molecular flexibility index (Phi) is 45.3. The molecule has 0 unspecified atom stereocenters. The van der Waals surface area contributed by atoms with Gasteiger partial charge in [0.1, 0.15) is 0 Å². The van der Waals surface area contributed by atoms with Gasteiger partial charge in [0.15, 0.2) is 0 Å². The van der Waals surface area contributed by atoms with E-state index in [1.807, 2.05) is 0 Å². The third kappa shape index (κ3) is 58.5. The van der Waals surface area contributed by atoms with Crippen molar-refractivity contribution in [3.05, 3.63) is 0 Å².